The van der Waals surface area contributed by atoms with Gasteiger partial charge in [0, 0.05) is 31.5 Å². The van der Waals surface area contributed by atoms with Crippen LogP contribution in [-0.2, 0) is 21.0 Å². The van der Waals surface area contributed by atoms with Gasteiger partial charge in [0.1, 0.15) is 42.2 Å². The number of carbonyl (C=O) groups excluding carboxylic acids is 2. The Morgan fingerprint density at radius 1 is 1.27 bits per heavy atom. The van der Waals surface area contributed by atoms with Crippen LogP contribution in [0.4, 0.5) is 5.82 Å². The number of anilines is 1. The Bertz CT molecular complexity index is 1400. The van der Waals surface area contributed by atoms with Gasteiger partial charge in [-0.2, -0.15) is 4.98 Å². The van der Waals surface area contributed by atoms with Crippen LogP contribution in [0.2, 0.25) is 5.15 Å². The molecule has 12 nitrogen and oxygen atoms in total. The Morgan fingerprint density at radius 2 is 2.10 bits per heavy atom. The lowest BCUT2D eigenvalue weighted by Crippen LogP contribution is -2.51. The van der Waals surface area contributed by atoms with Crippen LogP contribution in [0.3, 0.4) is 0 Å². The van der Waals surface area contributed by atoms with Crippen molar-refractivity contribution in [2.45, 2.75) is 45.4 Å². The van der Waals surface area contributed by atoms with Crippen molar-refractivity contribution < 1.29 is 23.9 Å². The van der Waals surface area contributed by atoms with Gasteiger partial charge in [-0.15, -0.1) is 0 Å². The van der Waals surface area contributed by atoms with E-state index in [1.165, 1.54) is 5.06 Å². The highest BCUT2D eigenvalue weighted by atomic mass is 35.5. The molecule has 0 saturated carbocycles. The van der Waals surface area contributed by atoms with Crippen molar-refractivity contribution in [2.75, 3.05) is 31.2 Å². The van der Waals surface area contributed by atoms with E-state index in [-0.39, 0.29) is 35.8 Å². The number of imidazole rings is 1. The van der Waals surface area contributed by atoms with Crippen molar-refractivity contribution in [1.82, 2.24) is 29.9 Å². The second-order valence-corrected chi connectivity index (χ2v) is 9.79. The largest absolute Gasteiger partial charge is 0.486 e. The summed E-state index contributed by atoms with van der Waals surface area (Å²) < 4.78 is 12.9. The van der Waals surface area contributed by atoms with Crippen molar-refractivity contribution in [3.05, 3.63) is 59.4 Å². The number of hydrogen-bond acceptors (Lipinski definition) is 10. The van der Waals surface area contributed by atoms with E-state index in [0.29, 0.717) is 56.0 Å². The van der Waals surface area contributed by atoms with E-state index in [1.807, 2.05) is 38.0 Å². The number of halogens is 1. The highest BCUT2D eigenvalue weighted by Gasteiger charge is 2.32. The molecule has 1 saturated heterocycles. The van der Waals surface area contributed by atoms with Gasteiger partial charge >= 0.3 is 0 Å². The molecule has 2 unspecified atom stereocenters. The van der Waals surface area contributed by atoms with E-state index in [9.17, 15) is 9.59 Å². The number of amides is 1. The number of nitrogens with one attached hydrogen (secondary N) is 1. The molecule has 3 aromatic rings. The number of nitrogens with zero attached hydrogens (tertiary/aromatic N) is 6. The first-order chi connectivity index (χ1) is 19.4. The van der Waals surface area contributed by atoms with Gasteiger partial charge in [-0.05, 0) is 31.0 Å². The average molecular weight is 568 g/mol. The molecule has 0 bridgehead atoms. The first-order valence-corrected chi connectivity index (χ1v) is 13.5. The van der Waals surface area contributed by atoms with Crippen LogP contribution in [0.15, 0.2) is 48.7 Å². The predicted octanol–water partition coefficient (Wildman–Crippen LogP) is 2.73. The van der Waals surface area contributed by atoms with Crippen molar-refractivity contribution in [2.24, 2.45) is 0 Å². The van der Waals surface area contributed by atoms with Crippen LogP contribution >= 0.6 is 11.6 Å². The monoisotopic (exact) mass is 567 g/mol. The number of hydrogen-bond donors (Lipinski definition) is 1. The standard InChI is InChI=1S/C27H30ClN7O5/c1-3-18(2)40-35(15-19-4-5-22-23(12-19)39-11-10-38-22)26(37)13-20-21(16-36)34(9-7-30-20)25-14-24(28)31-27(32-25)33-8-6-29-17-33/h4-6,8,12,14,17-18,20,30H,3,7,9-11,13,15H2,1-2H3. The lowest BCUT2D eigenvalue weighted by Gasteiger charge is -2.35. The lowest BCUT2D eigenvalue weighted by atomic mass is 10.1. The summed E-state index contributed by atoms with van der Waals surface area (Å²) in [5.41, 5.74) is 1.07. The Hall–Kier alpha value is -3.96. The third kappa shape index (κ3) is 6.26. The van der Waals surface area contributed by atoms with E-state index in [4.69, 9.17) is 25.9 Å². The van der Waals surface area contributed by atoms with Crippen LogP contribution in [0.1, 0.15) is 32.3 Å². The molecule has 5 rings (SSSR count). The second-order valence-electron chi connectivity index (χ2n) is 9.40. The summed E-state index contributed by atoms with van der Waals surface area (Å²) in [7, 11) is 0. The lowest BCUT2D eigenvalue weighted by molar-refractivity contribution is -0.208. The van der Waals surface area contributed by atoms with Gasteiger partial charge in [-0.3, -0.25) is 14.2 Å². The summed E-state index contributed by atoms with van der Waals surface area (Å²) in [6, 6.07) is 6.51. The van der Waals surface area contributed by atoms with Crippen LogP contribution in [-0.4, -0.2) is 74.9 Å². The van der Waals surface area contributed by atoms with E-state index in [0.717, 1.165) is 5.56 Å². The highest BCUT2D eigenvalue weighted by Crippen LogP contribution is 2.31. The Morgan fingerprint density at radius 3 is 2.85 bits per heavy atom. The minimum atomic E-state index is -0.618. The summed E-state index contributed by atoms with van der Waals surface area (Å²) >= 11 is 6.29. The zero-order chi connectivity index (χ0) is 28.1. The minimum Gasteiger partial charge on any atom is -0.486 e. The fourth-order valence-corrected chi connectivity index (χ4v) is 4.59. The maximum Gasteiger partial charge on any atom is 0.248 e. The molecule has 1 fully saturated rings. The van der Waals surface area contributed by atoms with Crippen molar-refractivity contribution in [1.29, 1.82) is 0 Å². The molecule has 13 heteroatoms. The van der Waals surface area contributed by atoms with Gasteiger partial charge in [0.05, 0.1) is 25.1 Å². The summed E-state index contributed by atoms with van der Waals surface area (Å²) in [6.45, 7) is 5.98. The van der Waals surface area contributed by atoms with Gasteiger partial charge in [0.25, 0.3) is 0 Å². The number of rotatable bonds is 9. The molecule has 40 heavy (non-hydrogen) atoms. The zero-order valence-electron chi connectivity index (χ0n) is 22.2. The summed E-state index contributed by atoms with van der Waals surface area (Å²) in [4.78, 5) is 46.4. The van der Waals surface area contributed by atoms with Crippen molar-refractivity contribution in [3.8, 4) is 17.4 Å². The molecule has 0 radical (unpaired) electrons. The molecular formula is C27H30ClN7O5. The van der Waals surface area contributed by atoms with E-state index in [2.05, 4.69) is 20.3 Å². The van der Waals surface area contributed by atoms with Crippen molar-refractivity contribution in [3.63, 3.8) is 0 Å². The molecule has 0 spiro atoms. The van der Waals surface area contributed by atoms with Gasteiger partial charge in [0.15, 0.2) is 11.5 Å². The normalized spacial score (nSPS) is 17.3. The molecule has 4 heterocycles. The SMILES string of the molecule is CCC(C)ON(Cc1ccc2c(c1)OCCO2)C(=O)CC1NCCN(c2cc(Cl)nc(-n3ccnc3)n2)C1=C=O. The third-order valence-corrected chi connectivity index (χ3v) is 6.80. The second kappa shape index (κ2) is 12.5. The molecule has 1 N–H and O–H groups in total. The Labute approximate surface area is 236 Å². The van der Waals surface area contributed by atoms with Crippen LogP contribution in [0.5, 0.6) is 11.5 Å². The molecule has 2 aromatic heterocycles. The fourth-order valence-electron chi connectivity index (χ4n) is 4.42. The number of carbonyl (C=O) groups is 1. The van der Waals surface area contributed by atoms with Gasteiger partial charge in [-0.25, -0.2) is 19.8 Å². The number of hydroxylamine groups is 2. The van der Waals surface area contributed by atoms with E-state index >= 15 is 0 Å². The van der Waals surface area contributed by atoms with Gasteiger partial charge in [-0.1, -0.05) is 24.6 Å². The minimum absolute atomic E-state index is 0.0325. The molecule has 2 aliphatic rings. The fraction of sp³-hybridized carbons (Fsp3) is 0.407. The van der Waals surface area contributed by atoms with Crippen LogP contribution < -0.4 is 19.7 Å². The van der Waals surface area contributed by atoms with E-state index < -0.39 is 6.04 Å². The van der Waals surface area contributed by atoms with Crippen molar-refractivity contribution >= 4 is 29.3 Å². The first-order valence-electron chi connectivity index (χ1n) is 13.1. The number of aromatic nitrogens is 4. The van der Waals surface area contributed by atoms with Crippen LogP contribution in [0, 0.1) is 0 Å². The van der Waals surface area contributed by atoms with Crippen LogP contribution in [0.25, 0.3) is 5.95 Å². The zero-order valence-corrected chi connectivity index (χ0v) is 23.0. The number of fused-ring (bicyclic) bond motifs is 1. The quantitative estimate of drug-likeness (QED) is 0.234. The third-order valence-electron chi connectivity index (χ3n) is 6.60. The number of piperazine rings is 1. The summed E-state index contributed by atoms with van der Waals surface area (Å²) in [6.07, 6.45) is 5.34. The molecule has 1 aromatic carbocycles. The number of ether oxygens (including phenoxy) is 2. The summed E-state index contributed by atoms with van der Waals surface area (Å²) in [5, 5.41) is 4.82. The maximum atomic E-state index is 13.6. The first kappa shape index (κ1) is 27.6. The Balaban J connectivity index is 1.35. The van der Waals surface area contributed by atoms with E-state index in [1.54, 1.807) is 34.3 Å². The molecular weight excluding hydrogens is 538 g/mol. The Kier molecular flexibility index (Phi) is 8.61. The summed E-state index contributed by atoms with van der Waals surface area (Å²) in [5.74, 6) is 3.77. The molecule has 210 valence electrons. The molecule has 1 amide bonds. The molecule has 0 aliphatic carbocycles. The maximum absolute atomic E-state index is 13.6. The topological polar surface area (TPSA) is 124 Å². The molecule has 2 aliphatic heterocycles. The molecule has 2 atom stereocenters. The van der Waals surface area contributed by atoms with Gasteiger partial charge in [0.2, 0.25) is 11.9 Å². The number of benzene rings is 1. The highest BCUT2D eigenvalue weighted by molar-refractivity contribution is 6.29. The average Bonchev–Trinajstić information content (AvgIpc) is 3.51. The predicted molar refractivity (Wildman–Crippen MR) is 146 cm³/mol. The smallest absolute Gasteiger partial charge is 0.248 e. The van der Waals surface area contributed by atoms with Gasteiger partial charge < -0.3 is 19.7 Å².